The van der Waals surface area contributed by atoms with Gasteiger partial charge in [-0.2, -0.15) is 0 Å². The van der Waals surface area contributed by atoms with Crippen LogP contribution >= 0.6 is 15.9 Å². The molecule has 0 aromatic heterocycles. The summed E-state index contributed by atoms with van der Waals surface area (Å²) >= 11 is 3.48. The molecule has 1 saturated carbocycles. The quantitative estimate of drug-likeness (QED) is 0.754. The summed E-state index contributed by atoms with van der Waals surface area (Å²) in [6.07, 6.45) is 9.61. The molecule has 1 N–H and O–H groups in total. The molecule has 106 valence electrons. The van der Waals surface area contributed by atoms with Gasteiger partial charge in [-0.25, -0.2) is 0 Å². The third-order valence-corrected chi connectivity index (χ3v) is 4.49. The second-order valence-corrected chi connectivity index (χ2v) is 6.67. The average molecular weight is 318 g/mol. The zero-order chi connectivity index (χ0) is 13.4. The lowest BCUT2D eigenvalue weighted by Gasteiger charge is -2.26. The SMILES string of the molecule is CC(C)C(CCBr)NC(=O)C1CCCCCCC1. The Morgan fingerprint density at radius 1 is 1.17 bits per heavy atom. The van der Waals surface area contributed by atoms with Crippen LogP contribution in [0.5, 0.6) is 0 Å². The molecular weight excluding hydrogens is 290 g/mol. The van der Waals surface area contributed by atoms with Crippen LogP contribution < -0.4 is 5.32 Å². The highest BCUT2D eigenvalue weighted by molar-refractivity contribution is 9.09. The first kappa shape index (κ1) is 16.0. The molecule has 18 heavy (non-hydrogen) atoms. The first-order valence-electron chi connectivity index (χ1n) is 7.51. The second kappa shape index (κ2) is 8.95. The van der Waals surface area contributed by atoms with Crippen LogP contribution in [0.3, 0.4) is 0 Å². The zero-order valence-corrected chi connectivity index (χ0v) is 13.5. The predicted octanol–water partition coefficient (Wildman–Crippen LogP) is 4.27. The molecule has 1 aliphatic carbocycles. The summed E-state index contributed by atoms with van der Waals surface area (Å²) in [4.78, 5) is 12.3. The van der Waals surface area contributed by atoms with Gasteiger partial charge in [0, 0.05) is 17.3 Å². The molecule has 2 nitrogen and oxygen atoms in total. The van der Waals surface area contributed by atoms with Gasteiger partial charge < -0.3 is 5.32 Å². The molecule has 1 rings (SSSR count). The fourth-order valence-electron chi connectivity index (χ4n) is 2.71. The smallest absolute Gasteiger partial charge is 0.223 e. The van der Waals surface area contributed by atoms with Crippen LogP contribution in [0.1, 0.15) is 65.2 Å². The van der Waals surface area contributed by atoms with E-state index < -0.39 is 0 Å². The highest BCUT2D eigenvalue weighted by Gasteiger charge is 2.23. The average Bonchev–Trinajstić information content (AvgIpc) is 2.27. The predicted molar refractivity (Wildman–Crippen MR) is 81.0 cm³/mol. The minimum atomic E-state index is 0.266. The largest absolute Gasteiger partial charge is 0.353 e. The standard InChI is InChI=1S/C15H28BrNO/c1-12(2)14(10-11-16)17-15(18)13-8-6-4-3-5-7-9-13/h12-14H,3-11H2,1-2H3,(H,17,18). The maximum absolute atomic E-state index is 12.3. The molecule has 0 radical (unpaired) electrons. The number of carbonyl (C=O) groups excluding carboxylic acids is 1. The zero-order valence-electron chi connectivity index (χ0n) is 11.9. The van der Waals surface area contributed by atoms with Crippen molar-refractivity contribution in [3.8, 4) is 0 Å². The summed E-state index contributed by atoms with van der Waals surface area (Å²) in [6.45, 7) is 4.37. The molecule has 1 amide bonds. The molecule has 1 fully saturated rings. The highest BCUT2D eigenvalue weighted by atomic mass is 79.9. The van der Waals surface area contributed by atoms with Crippen molar-refractivity contribution < 1.29 is 4.79 Å². The Balaban J connectivity index is 2.45. The second-order valence-electron chi connectivity index (χ2n) is 5.88. The first-order chi connectivity index (χ1) is 8.65. The monoisotopic (exact) mass is 317 g/mol. The van der Waals surface area contributed by atoms with Gasteiger partial charge in [-0.3, -0.25) is 4.79 Å². The topological polar surface area (TPSA) is 29.1 Å². The van der Waals surface area contributed by atoms with E-state index in [1.54, 1.807) is 0 Å². The molecule has 0 aromatic carbocycles. The van der Waals surface area contributed by atoms with Crippen LogP contribution in [0.15, 0.2) is 0 Å². The lowest BCUT2D eigenvalue weighted by Crippen LogP contribution is -2.42. The van der Waals surface area contributed by atoms with Crippen molar-refractivity contribution in [2.45, 2.75) is 71.3 Å². The van der Waals surface area contributed by atoms with E-state index in [0.29, 0.717) is 17.9 Å². The van der Waals surface area contributed by atoms with Crippen LogP contribution in [0.4, 0.5) is 0 Å². The van der Waals surface area contributed by atoms with Gasteiger partial charge in [-0.1, -0.05) is 61.9 Å². The third kappa shape index (κ3) is 5.73. The van der Waals surface area contributed by atoms with E-state index in [2.05, 4.69) is 35.1 Å². The Labute approximate surface area is 120 Å². The number of carbonyl (C=O) groups is 1. The first-order valence-corrected chi connectivity index (χ1v) is 8.63. The van der Waals surface area contributed by atoms with Gasteiger partial charge in [-0.15, -0.1) is 0 Å². The maximum Gasteiger partial charge on any atom is 0.223 e. The van der Waals surface area contributed by atoms with Crippen molar-refractivity contribution in [2.75, 3.05) is 5.33 Å². The van der Waals surface area contributed by atoms with Crippen molar-refractivity contribution in [3.05, 3.63) is 0 Å². The number of halogens is 1. The molecule has 0 heterocycles. The summed E-state index contributed by atoms with van der Waals surface area (Å²) in [5, 5.41) is 4.23. The van der Waals surface area contributed by atoms with Gasteiger partial charge in [0.25, 0.3) is 0 Å². The summed E-state index contributed by atoms with van der Waals surface area (Å²) in [5.41, 5.74) is 0. The van der Waals surface area contributed by atoms with Crippen LogP contribution in [0, 0.1) is 11.8 Å². The van der Waals surface area contributed by atoms with E-state index in [9.17, 15) is 4.79 Å². The van der Waals surface area contributed by atoms with Gasteiger partial charge in [0.1, 0.15) is 0 Å². The van der Waals surface area contributed by atoms with Gasteiger partial charge in [0.15, 0.2) is 0 Å². The fraction of sp³-hybridized carbons (Fsp3) is 0.933. The number of hydrogen-bond acceptors (Lipinski definition) is 1. The summed E-state index contributed by atoms with van der Waals surface area (Å²) < 4.78 is 0. The number of hydrogen-bond donors (Lipinski definition) is 1. The van der Waals surface area contributed by atoms with E-state index in [0.717, 1.165) is 24.6 Å². The van der Waals surface area contributed by atoms with Crippen LogP contribution in [0.2, 0.25) is 0 Å². The molecule has 0 bridgehead atoms. The van der Waals surface area contributed by atoms with Crippen molar-refractivity contribution in [1.29, 1.82) is 0 Å². The van der Waals surface area contributed by atoms with E-state index in [1.165, 1.54) is 32.1 Å². The number of rotatable bonds is 5. The molecule has 1 unspecified atom stereocenters. The molecule has 0 saturated heterocycles. The number of nitrogens with one attached hydrogen (secondary N) is 1. The van der Waals surface area contributed by atoms with Crippen molar-refractivity contribution >= 4 is 21.8 Å². The van der Waals surface area contributed by atoms with Gasteiger partial charge in [-0.05, 0) is 25.2 Å². The number of amides is 1. The Hall–Kier alpha value is -0.0500. The third-order valence-electron chi connectivity index (χ3n) is 4.03. The van der Waals surface area contributed by atoms with E-state index >= 15 is 0 Å². The van der Waals surface area contributed by atoms with Crippen molar-refractivity contribution in [3.63, 3.8) is 0 Å². The Morgan fingerprint density at radius 3 is 2.22 bits per heavy atom. The van der Waals surface area contributed by atoms with Crippen LogP contribution in [-0.4, -0.2) is 17.3 Å². The van der Waals surface area contributed by atoms with Gasteiger partial charge in [0.05, 0.1) is 0 Å². The minimum absolute atomic E-state index is 0.266. The summed E-state index contributed by atoms with van der Waals surface area (Å²) in [6, 6.07) is 0.322. The van der Waals surface area contributed by atoms with Gasteiger partial charge in [0.2, 0.25) is 5.91 Å². The Morgan fingerprint density at radius 2 is 1.72 bits per heavy atom. The van der Waals surface area contributed by atoms with E-state index in [-0.39, 0.29) is 5.92 Å². The molecule has 1 aliphatic rings. The molecular formula is C15H28BrNO. The number of alkyl halides is 1. The van der Waals surface area contributed by atoms with Crippen molar-refractivity contribution in [1.82, 2.24) is 5.32 Å². The maximum atomic E-state index is 12.3. The van der Waals surface area contributed by atoms with Gasteiger partial charge >= 0.3 is 0 Å². The Kier molecular flexibility index (Phi) is 7.96. The Bertz CT molecular complexity index is 235. The molecule has 0 aromatic rings. The lowest BCUT2D eigenvalue weighted by molar-refractivity contribution is -0.126. The fourth-order valence-corrected chi connectivity index (χ4v) is 3.20. The minimum Gasteiger partial charge on any atom is -0.353 e. The van der Waals surface area contributed by atoms with E-state index in [1.807, 2.05) is 0 Å². The van der Waals surface area contributed by atoms with Crippen LogP contribution in [-0.2, 0) is 4.79 Å². The molecule has 1 atom stereocenters. The lowest BCUT2D eigenvalue weighted by atomic mass is 9.90. The van der Waals surface area contributed by atoms with Crippen molar-refractivity contribution in [2.24, 2.45) is 11.8 Å². The molecule has 0 aliphatic heterocycles. The summed E-state index contributed by atoms with van der Waals surface area (Å²) in [7, 11) is 0. The van der Waals surface area contributed by atoms with Crippen LogP contribution in [0.25, 0.3) is 0 Å². The van der Waals surface area contributed by atoms with E-state index in [4.69, 9.17) is 0 Å². The highest BCUT2D eigenvalue weighted by Crippen LogP contribution is 2.23. The summed E-state index contributed by atoms with van der Waals surface area (Å²) in [5.74, 6) is 1.08. The molecule has 3 heteroatoms. The normalized spacial score (nSPS) is 20.2. The molecule has 0 spiro atoms.